The number of hydrogen-bond donors (Lipinski definition) is 1. The van der Waals surface area contributed by atoms with Gasteiger partial charge in [-0.3, -0.25) is 15.0 Å². The second kappa shape index (κ2) is 9.32. The minimum atomic E-state index is -0.703. The van der Waals surface area contributed by atoms with Crippen LogP contribution in [-0.4, -0.2) is 53.9 Å². The Balaban J connectivity index is 1.36. The Hall–Kier alpha value is -2.84. The van der Waals surface area contributed by atoms with Crippen LogP contribution in [0.5, 0.6) is 17.2 Å². The van der Waals surface area contributed by atoms with Gasteiger partial charge < -0.3 is 19.3 Å². The highest BCUT2D eigenvalue weighted by Crippen LogP contribution is 2.37. The fraction of sp³-hybridized carbons (Fsp3) is 0.455. The summed E-state index contributed by atoms with van der Waals surface area (Å²) in [5.74, 6) is 1.95. The van der Waals surface area contributed by atoms with E-state index in [-0.39, 0.29) is 18.3 Å². The van der Waals surface area contributed by atoms with Crippen molar-refractivity contribution in [2.45, 2.75) is 31.4 Å². The van der Waals surface area contributed by atoms with E-state index < -0.39 is 11.0 Å². The van der Waals surface area contributed by atoms with Crippen LogP contribution in [0.4, 0.5) is 5.69 Å². The van der Waals surface area contributed by atoms with Crippen molar-refractivity contribution in [3.8, 4) is 17.2 Å². The van der Waals surface area contributed by atoms with Crippen LogP contribution in [0.1, 0.15) is 30.9 Å². The number of aliphatic hydroxyl groups excluding tert-OH is 1. The van der Waals surface area contributed by atoms with E-state index in [4.69, 9.17) is 14.2 Å². The third-order valence-corrected chi connectivity index (χ3v) is 5.44. The van der Waals surface area contributed by atoms with Crippen LogP contribution in [0.15, 0.2) is 42.5 Å². The first-order valence-corrected chi connectivity index (χ1v) is 10.3. The Kier molecular flexibility index (Phi) is 6.35. The van der Waals surface area contributed by atoms with Crippen molar-refractivity contribution in [1.82, 2.24) is 4.90 Å². The number of ether oxygens (including phenoxy) is 3. The van der Waals surface area contributed by atoms with Gasteiger partial charge in [0.15, 0.2) is 11.5 Å². The molecule has 30 heavy (non-hydrogen) atoms. The Morgan fingerprint density at radius 3 is 2.83 bits per heavy atom. The second-order valence-electron chi connectivity index (χ2n) is 7.63. The Bertz CT molecular complexity index is 890. The average Bonchev–Trinajstić information content (AvgIpc) is 3.07. The summed E-state index contributed by atoms with van der Waals surface area (Å²) in [4.78, 5) is 12.7. The number of hydrogen-bond acceptors (Lipinski definition) is 7. The van der Waals surface area contributed by atoms with E-state index in [0.29, 0.717) is 25.5 Å². The van der Waals surface area contributed by atoms with Crippen LogP contribution in [0, 0.1) is 10.1 Å². The molecule has 1 N–H and O–H groups in total. The topological polar surface area (TPSA) is 94.3 Å². The number of nitrogens with zero attached hydrogens (tertiary/aromatic N) is 2. The number of non-ortho nitro benzene ring substituents is 1. The Labute approximate surface area is 175 Å². The summed E-state index contributed by atoms with van der Waals surface area (Å²) in [6, 6.07) is 12.3. The SMILES string of the molecule is O=[N+]([O-])c1cccc(OC[C@@H](O)CN2CCC[C@H]2c2ccc3c(c2)OCCCO3)c1. The molecule has 0 aromatic heterocycles. The first kappa shape index (κ1) is 20.4. The zero-order chi connectivity index (χ0) is 20.9. The lowest BCUT2D eigenvalue weighted by Gasteiger charge is -2.27. The van der Waals surface area contributed by atoms with Crippen molar-refractivity contribution in [3.63, 3.8) is 0 Å². The van der Waals surface area contributed by atoms with Crippen molar-refractivity contribution in [1.29, 1.82) is 0 Å². The van der Waals surface area contributed by atoms with Gasteiger partial charge in [0.1, 0.15) is 18.5 Å². The van der Waals surface area contributed by atoms with Gasteiger partial charge in [0.05, 0.1) is 24.2 Å². The van der Waals surface area contributed by atoms with Gasteiger partial charge in [-0.2, -0.15) is 0 Å². The third kappa shape index (κ3) is 4.83. The van der Waals surface area contributed by atoms with Gasteiger partial charge in [-0.05, 0) is 43.1 Å². The fourth-order valence-electron chi connectivity index (χ4n) is 4.01. The van der Waals surface area contributed by atoms with Crippen LogP contribution >= 0.6 is 0 Å². The number of aliphatic hydroxyl groups is 1. The molecule has 0 radical (unpaired) electrons. The fourth-order valence-corrected chi connectivity index (χ4v) is 4.01. The van der Waals surface area contributed by atoms with Gasteiger partial charge in [-0.25, -0.2) is 0 Å². The summed E-state index contributed by atoms with van der Waals surface area (Å²) >= 11 is 0. The molecule has 2 atom stereocenters. The molecule has 2 aromatic carbocycles. The summed E-state index contributed by atoms with van der Waals surface area (Å²) in [5, 5.41) is 21.4. The molecule has 4 rings (SSSR count). The quantitative estimate of drug-likeness (QED) is 0.548. The number of fused-ring (bicyclic) bond motifs is 1. The minimum Gasteiger partial charge on any atom is -0.491 e. The molecule has 160 valence electrons. The van der Waals surface area contributed by atoms with Crippen molar-refractivity contribution >= 4 is 5.69 Å². The number of rotatable bonds is 7. The molecular formula is C22H26N2O6. The maximum Gasteiger partial charge on any atom is 0.273 e. The lowest BCUT2D eigenvalue weighted by molar-refractivity contribution is -0.384. The molecule has 0 aliphatic carbocycles. The molecule has 0 amide bonds. The molecular weight excluding hydrogens is 388 g/mol. The second-order valence-corrected chi connectivity index (χ2v) is 7.63. The number of nitro benzene ring substituents is 1. The summed E-state index contributed by atoms with van der Waals surface area (Å²) in [6.45, 7) is 2.75. The molecule has 1 fully saturated rings. The predicted octanol–water partition coefficient (Wildman–Crippen LogP) is 3.33. The van der Waals surface area contributed by atoms with Crippen LogP contribution in [0.3, 0.4) is 0 Å². The smallest absolute Gasteiger partial charge is 0.273 e. The van der Waals surface area contributed by atoms with Gasteiger partial charge in [0.25, 0.3) is 5.69 Å². The number of likely N-dealkylation sites (tertiary alicyclic amines) is 1. The normalized spacial score (nSPS) is 19.8. The molecule has 2 aliphatic rings. The summed E-state index contributed by atoms with van der Waals surface area (Å²) in [6.07, 6.45) is 2.23. The lowest BCUT2D eigenvalue weighted by atomic mass is 10.0. The zero-order valence-corrected chi connectivity index (χ0v) is 16.7. The number of benzene rings is 2. The van der Waals surface area contributed by atoms with Gasteiger partial charge in [-0.1, -0.05) is 12.1 Å². The molecule has 2 aromatic rings. The van der Waals surface area contributed by atoms with Crippen LogP contribution < -0.4 is 14.2 Å². The minimum absolute atomic E-state index is 0.0315. The maximum atomic E-state index is 10.9. The van der Waals surface area contributed by atoms with Gasteiger partial charge in [0, 0.05) is 25.1 Å². The van der Waals surface area contributed by atoms with Crippen LogP contribution in [-0.2, 0) is 0 Å². The third-order valence-electron chi connectivity index (χ3n) is 5.44. The van der Waals surface area contributed by atoms with Crippen LogP contribution in [0.2, 0.25) is 0 Å². The molecule has 0 spiro atoms. The van der Waals surface area contributed by atoms with E-state index in [1.807, 2.05) is 6.07 Å². The molecule has 2 aliphatic heterocycles. The Morgan fingerprint density at radius 1 is 1.17 bits per heavy atom. The van der Waals surface area contributed by atoms with Gasteiger partial charge in [-0.15, -0.1) is 0 Å². The van der Waals surface area contributed by atoms with E-state index in [1.165, 1.54) is 12.1 Å². The van der Waals surface area contributed by atoms with E-state index >= 15 is 0 Å². The highest BCUT2D eigenvalue weighted by Gasteiger charge is 2.28. The summed E-state index contributed by atoms with van der Waals surface area (Å²) in [7, 11) is 0. The summed E-state index contributed by atoms with van der Waals surface area (Å²) in [5.41, 5.74) is 1.12. The molecule has 2 heterocycles. The zero-order valence-electron chi connectivity index (χ0n) is 16.7. The predicted molar refractivity (Wildman–Crippen MR) is 110 cm³/mol. The standard InChI is InChI=1S/C22H26N2O6/c25-18(15-30-19-5-1-4-17(13-19)24(26)27)14-23-9-2-6-20(23)16-7-8-21-22(12-16)29-11-3-10-28-21/h1,4-5,7-8,12-13,18,20,25H,2-3,6,9-11,14-15H2/t18-,20-/m0/s1. The maximum absolute atomic E-state index is 10.9. The largest absolute Gasteiger partial charge is 0.491 e. The average molecular weight is 414 g/mol. The highest BCUT2D eigenvalue weighted by molar-refractivity contribution is 5.44. The van der Waals surface area contributed by atoms with Crippen molar-refractivity contribution in [3.05, 3.63) is 58.1 Å². The molecule has 0 bridgehead atoms. The lowest BCUT2D eigenvalue weighted by Crippen LogP contribution is -2.35. The van der Waals surface area contributed by atoms with Gasteiger partial charge >= 0.3 is 0 Å². The number of β-amino-alcohol motifs (C(OH)–C–C–N with tert-alkyl or cyclic N) is 1. The van der Waals surface area contributed by atoms with Gasteiger partial charge in [0.2, 0.25) is 0 Å². The first-order valence-electron chi connectivity index (χ1n) is 10.3. The van der Waals surface area contributed by atoms with E-state index in [2.05, 4.69) is 17.0 Å². The first-order chi connectivity index (χ1) is 14.6. The van der Waals surface area contributed by atoms with Crippen molar-refractivity contribution in [2.24, 2.45) is 0 Å². The monoisotopic (exact) mass is 414 g/mol. The van der Waals surface area contributed by atoms with E-state index in [1.54, 1.807) is 12.1 Å². The molecule has 8 heteroatoms. The van der Waals surface area contributed by atoms with E-state index in [9.17, 15) is 15.2 Å². The Morgan fingerprint density at radius 2 is 2.00 bits per heavy atom. The van der Waals surface area contributed by atoms with E-state index in [0.717, 1.165) is 42.9 Å². The van der Waals surface area contributed by atoms with Crippen molar-refractivity contribution < 1.29 is 24.2 Å². The number of nitro groups is 1. The summed E-state index contributed by atoms with van der Waals surface area (Å²) < 4.78 is 17.1. The van der Waals surface area contributed by atoms with Crippen molar-refractivity contribution in [2.75, 3.05) is 32.9 Å². The molecule has 0 saturated carbocycles. The molecule has 1 saturated heterocycles. The highest BCUT2D eigenvalue weighted by atomic mass is 16.6. The molecule has 8 nitrogen and oxygen atoms in total. The van der Waals surface area contributed by atoms with Crippen LogP contribution in [0.25, 0.3) is 0 Å². The molecule has 0 unspecified atom stereocenters.